The molecule has 0 heterocycles. The molecule has 11 heteroatoms. The Kier molecular flexibility index (Phi) is 8.50. The average Bonchev–Trinajstić information content (AvgIpc) is 2.14. The summed E-state index contributed by atoms with van der Waals surface area (Å²) in [7, 11) is -2.17. The molecule has 0 radical (unpaired) electrons. The van der Waals surface area contributed by atoms with Gasteiger partial charge in [-0.15, -0.1) is 6.07 Å². The molecule has 1 aromatic rings. The summed E-state index contributed by atoms with van der Waals surface area (Å²) in [5.74, 6) is 0. The molecule has 102 valence electrons. The molecule has 0 aliphatic rings. The van der Waals surface area contributed by atoms with Crippen LogP contribution in [0, 0.1) is 6.07 Å². The van der Waals surface area contributed by atoms with E-state index in [0.717, 1.165) is 0 Å². The van der Waals surface area contributed by atoms with Gasteiger partial charge in [-0.1, -0.05) is 11.1 Å². The Labute approximate surface area is 116 Å². The van der Waals surface area contributed by atoms with Crippen molar-refractivity contribution < 1.29 is 60.3 Å². The Morgan fingerprint density at radius 3 is 1.32 bits per heavy atom. The van der Waals surface area contributed by atoms with Crippen molar-refractivity contribution >= 4 is 7.32 Å². The predicted octanol–water partition coefficient (Wildman–Crippen LogP) is -1.52. The van der Waals surface area contributed by atoms with E-state index >= 15 is 0 Å². The average molecular weight is 282 g/mol. The van der Waals surface area contributed by atoms with Gasteiger partial charge < -0.3 is 15.1 Å². The molecule has 0 aliphatic carbocycles. The fourth-order valence-corrected chi connectivity index (χ4v) is 0.799. The van der Waals surface area contributed by atoms with Crippen molar-refractivity contribution in [2.24, 2.45) is 0 Å². The molecule has 0 aliphatic heterocycles. The number of rotatable bonds is 0. The van der Waals surface area contributed by atoms with Crippen LogP contribution >= 0.6 is 0 Å². The first-order chi connectivity index (χ1) is 7.94. The topological polar surface area (TPSA) is 60.7 Å². The molecule has 3 N–H and O–H groups in total. The minimum Gasteiger partial charge on any atom is -0.402 e. The standard InChI is InChI=1S/C8H3F6.BH3O3.Li/c9-7(10,11)5-2-1-3-6(4-5)8(12,13)14;2-1(3)4;/h2-4H;2-4H;/q-1;;+1. The van der Waals surface area contributed by atoms with Crippen LogP contribution in [0.25, 0.3) is 0 Å². The minimum absolute atomic E-state index is 0. The molecule has 19 heavy (non-hydrogen) atoms. The van der Waals surface area contributed by atoms with Gasteiger partial charge in [0.05, 0.1) is 0 Å². The third-order valence-electron chi connectivity index (χ3n) is 1.44. The second-order valence-electron chi connectivity index (χ2n) is 2.85. The number of benzene rings is 1. The van der Waals surface area contributed by atoms with Gasteiger partial charge >= 0.3 is 38.5 Å². The van der Waals surface area contributed by atoms with Crippen LogP contribution in [-0.4, -0.2) is 22.4 Å². The van der Waals surface area contributed by atoms with Crippen molar-refractivity contribution in [2.45, 2.75) is 12.4 Å². The normalized spacial score (nSPS) is 11.0. The molecular weight excluding hydrogens is 276 g/mol. The quantitative estimate of drug-likeness (QED) is 0.307. The number of halogens is 6. The van der Waals surface area contributed by atoms with Crippen LogP contribution in [0.2, 0.25) is 0 Å². The van der Waals surface area contributed by atoms with Crippen LogP contribution in [0.15, 0.2) is 18.2 Å². The molecule has 0 aromatic heterocycles. The molecule has 0 saturated carbocycles. The van der Waals surface area contributed by atoms with Gasteiger partial charge in [0, 0.05) is 0 Å². The van der Waals surface area contributed by atoms with E-state index in [0.29, 0.717) is 12.1 Å². The molecule has 0 spiro atoms. The van der Waals surface area contributed by atoms with Gasteiger partial charge in [-0.05, 0) is 0 Å². The van der Waals surface area contributed by atoms with Crippen LogP contribution in [0.5, 0.6) is 0 Å². The molecule has 0 bridgehead atoms. The second kappa shape index (κ2) is 7.82. The predicted molar refractivity (Wildman–Crippen MR) is 47.7 cm³/mol. The van der Waals surface area contributed by atoms with Crippen LogP contribution in [0.1, 0.15) is 11.1 Å². The molecule has 1 aromatic carbocycles. The second-order valence-corrected chi connectivity index (χ2v) is 2.85. The van der Waals surface area contributed by atoms with Crippen LogP contribution < -0.4 is 18.9 Å². The third kappa shape index (κ3) is 8.96. The zero-order chi connectivity index (χ0) is 14.6. The van der Waals surface area contributed by atoms with Gasteiger partial charge in [0.1, 0.15) is 0 Å². The van der Waals surface area contributed by atoms with E-state index in [4.69, 9.17) is 15.1 Å². The van der Waals surface area contributed by atoms with Gasteiger partial charge in [-0.25, -0.2) is 0 Å². The number of hydrogen-bond acceptors (Lipinski definition) is 3. The summed E-state index contributed by atoms with van der Waals surface area (Å²) in [5.41, 5.74) is -2.71. The summed E-state index contributed by atoms with van der Waals surface area (Å²) in [6, 6.07) is 2.79. The molecule has 0 amide bonds. The molecule has 3 nitrogen and oxygen atoms in total. The summed E-state index contributed by atoms with van der Waals surface area (Å²) in [4.78, 5) is 0. The SMILES string of the molecule is FC(F)(F)c1c[c-]cc(C(F)(F)F)c1.OB(O)O.[Li+]. The molecule has 0 unspecified atom stereocenters. The van der Waals surface area contributed by atoms with Gasteiger partial charge in [0.25, 0.3) is 0 Å². The maximum atomic E-state index is 12.0. The largest absolute Gasteiger partial charge is 1.00 e. The van der Waals surface area contributed by atoms with Crippen molar-refractivity contribution in [1.29, 1.82) is 0 Å². The Hall–Kier alpha value is -0.658. The van der Waals surface area contributed by atoms with Crippen LogP contribution in [-0.2, 0) is 12.4 Å². The zero-order valence-corrected chi connectivity index (χ0v) is 9.42. The van der Waals surface area contributed by atoms with E-state index in [1.807, 2.05) is 0 Å². The van der Waals surface area contributed by atoms with Crippen molar-refractivity contribution in [1.82, 2.24) is 0 Å². The number of alkyl halides is 6. The first-order valence-corrected chi connectivity index (χ1v) is 4.14. The van der Waals surface area contributed by atoms with E-state index < -0.39 is 30.8 Å². The van der Waals surface area contributed by atoms with Crippen molar-refractivity contribution in [3.05, 3.63) is 35.4 Å². The van der Waals surface area contributed by atoms with Gasteiger partial charge in [-0.2, -0.15) is 44.5 Å². The number of hydrogen-bond donors (Lipinski definition) is 3. The maximum absolute atomic E-state index is 12.0. The summed E-state index contributed by atoms with van der Waals surface area (Å²) in [6.45, 7) is 0. The van der Waals surface area contributed by atoms with E-state index in [1.54, 1.807) is 6.07 Å². The minimum atomic E-state index is -4.78. The zero-order valence-electron chi connectivity index (χ0n) is 9.42. The monoisotopic (exact) mass is 282 g/mol. The molecular formula is C8H6BF6LiO3. The molecule has 1 rings (SSSR count). The van der Waals surface area contributed by atoms with Gasteiger partial charge in [0.15, 0.2) is 0 Å². The van der Waals surface area contributed by atoms with E-state index in [1.165, 1.54) is 0 Å². The summed E-state index contributed by atoms with van der Waals surface area (Å²) in [5, 5.41) is 21.5. The van der Waals surface area contributed by atoms with E-state index in [2.05, 4.69) is 0 Å². The summed E-state index contributed by atoms with van der Waals surface area (Å²) >= 11 is 0. The Morgan fingerprint density at radius 1 is 0.842 bits per heavy atom. The van der Waals surface area contributed by atoms with Crippen LogP contribution in [0.4, 0.5) is 26.3 Å². The van der Waals surface area contributed by atoms with Crippen molar-refractivity contribution in [3.63, 3.8) is 0 Å². The summed E-state index contributed by atoms with van der Waals surface area (Å²) < 4.78 is 71.8. The first-order valence-electron chi connectivity index (χ1n) is 4.14. The molecule has 0 atom stereocenters. The van der Waals surface area contributed by atoms with Crippen molar-refractivity contribution in [3.8, 4) is 0 Å². The van der Waals surface area contributed by atoms with E-state index in [-0.39, 0.29) is 24.9 Å². The Morgan fingerprint density at radius 2 is 1.11 bits per heavy atom. The smallest absolute Gasteiger partial charge is 0.402 e. The maximum Gasteiger partial charge on any atom is 1.00 e. The fraction of sp³-hybridized carbons (Fsp3) is 0.250. The van der Waals surface area contributed by atoms with Crippen LogP contribution in [0.3, 0.4) is 0 Å². The Bertz CT molecular complexity index is 349. The fourth-order valence-electron chi connectivity index (χ4n) is 0.799. The summed E-state index contributed by atoms with van der Waals surface area (Å²) in [6.07, 6.45) is -9.56. The van der Waals surface area contributed by atoms with E-state index in [9.17, 15) is 26.3 Å². The molecule has 0 fully saturated rings. The first kappa shape index (κ1) is 20.7. The van der Waals surface area contributed by atoms with Crippen molar-refractivity contribution in [2.75, 3.05) is 0 Å². The third-order valence-corrected chi connectivity index (χ3v) is 1.44. The van der Waals surface area contributed by atoms with Gasteiger partial charge in [0.2, 0.25) is 0 Å². The Balaban J connectivity index is 0. The van der Waals surface area contributed by atoms with Gasteiger partial charge in [-0.3, -0.25) is 0 Å². The molecule has 0 saturated heterocycles.